The highest BCUT2D eigenvalue weighted by Gasteiger charge is 2.32. The van der Waals surface area contributed by atoms with Gasteiger partial charge in [-0.1, -0.05) is 18.2 Å². The van der Waals surface area contributed by atoms with Crippen LogP contribution in [0.5, 0.6) is 0 Å². The molecule has 3 nitrogen and oxygen atoms in total. The summed E-state index contributed by atoms with van der Waals surface area (Å²) in [6.45, 7) is 0.899. The third kappa shape index (κ3) is 3.08. The van der Waals surface area contributed by atoms with E-state index < -0.39 is 12.3 Å². The van der Waals surface area contributed by atoms with Gasteiger partial charge < -0.3 is 5.11 Å². The number of benzene rings is 3. The fourth-order valence-electron chi connectivity index (χ4n) is 3.31. The third-order valence-corrected chi connectivity index (χ3v) is 5.49. The maximum atomic E-state index is 14.0. The van der Waals surface area contributed by atoms with E-state index in [1.165, 1.54) is 12.1 Å². The molecule has 1 aromatic heterocycles. The lowest BCUT2D eigenvalue weighted by atomic mass is 9.86. The molecule has 0 aliphatic rings. The second-order valence-corrected chi connectivity index (χ2v) is 7.28. The van der Waals surface area contributed by atoms with Crippen LogP contribution >= 0.6 is 12.6 Å². The van der Waals surface area contributed by atoms with Crippen LogP contribution in [0.15, 0.2) is 71.8 Å². The Bertz CT molecular complexity index is 1160. The monoisotopic (exact) mass is 396 g/mol. The summed E-state index contributed by atoms with van der Waals surface area (Å²) in [6.07, 6.45) is 1.64. The van der Waals surface area contributed by atoms with Gasteiger partial charge in [-0.3, -0.25) is 0 Å². The average molecular weight is 396 g/mol. The molecule has 1 heterocycles. The molecule has 0 saturated heterocycles. The van der Waals surface area contributed by atoms with Crippen LogP contribution in [0, 0.1) is 12.7 Å². The first-order valence-electron chi connectivity index (χ1n) is 8.75. The van der Waals surface area contributed by atoms with Crippen LogP contribution in [-0.2, 0) is 5.60 Å². The zero-order valence-electron chi connectivity index (χ0n) is 15.1. The first-order chi connectivity index (χ1) is 13.4. The molecule has 3 aromatic carbocycles. The summed E-state index contributed by atoms with van der Waals surface area (Å²) < 4.78 is 28.9. The number of hydrogen-bond donors (Lipinski definition) is 2. The van der Waals surface area contributed by atoms with E-state index in [2.05, 4.69) is 17.7 Å². The second kappa shape index (κ2) is 7.04. The summed E-state index contributed by atoms with van der Waals surface area (Å²) in [7, 11) is 0. The van der Waals surface area contributed by atoms with E-state index in [0.717, 1.165) is 21.4 Å². The van der Waals surface area contributed by atoms with Crippen LogP contribution in [0.25, 0.3) is 16.6 Å². The van der Waals surface area contributed by atoms with E-state index in [1.54, 1.807) is 59.4 Å². The molecule has 0 fully saturated rings. The standard InChI is InChI=1S/C22H18F2N2OS/c1-14-10-16(3-9-21(14)28)22(27,13-23)17-2-8-20-15(11-17)12-25-26(20)19-6-4-18(24)5-7-19/h2-12,27-28H,13H2,1H3. The molecule has 0 aliphatic heterocycles. The summed E-state index contributed by atoms with van der Waals surface area (Å²) in [4.78, 5) is 0.779. The van der Waals surface area contributed by atoms with E-state index >= 15 is 0 Å². The summed E-state index contributed by atoms with van der Waals surface area (Å²) in [5, 5.41) is 16.2. The number of aromatic nitrogens is 2. The Hall–Kier alpha value is -2.70. The molecule has 0 amide bonds. The van der Waals surface area contributed by atoms with Gasteiger partial charge in [0.15, 0.2) is 0 Å². The second-order valence-electron chi connectivity index (χ2n) is 6.80. The first kappa shape index (κ1) is 18.7. The molecule has 1 N–H and O–H groups in total. The fourth-order valence-corrected chi connectivity index (χ4v) is 3.45. The lowest BCUT2D eigenvalue weighted by Crippen LogP contribution is -2.29. The Morgan fingerprint density at radius 2 is 1.71 bits per heavy atom. The van der Waals surface area contributed by atoms with Crippen molar-refractivity contribution in [2.75, 3.05) is 6.67 Å². The zero-order chi connectivity index (χ0) is 19.9. The van der Waals surface area contributed by atoms with Crippen LogP contribution in [0.4, 0.5) is 8.78 Å². The number of nitrogens with zero attached hydrogens (tertiary/aromatic N) is 2. The average Bonchev–Trinajstić information content (AvgIpc) is 3.13. The van der Waals surface area contributed by atoms with Gasteiger partial charge in [-0.05, 0) is 66.1 Å². The smallest absolute Gasteiger partial charge is 0.143 e. The summed E-state index contributed by atoms with van der Waals surface area (Å²) in [6, 6.07) is 16.4. The molecule has 4 rings (SSSR count). The van der Waals surface area contributed by atoms with Crippen molar-refractivity contribution in [3.63, 3.8) is 0 Å². The van der Waals surface area contributed by atoms with E-state index in [9.17, 15) is 13.9 Å². The topological polar surface area (TPSA) is 38.1 Å². The minimum atomic E-state index is -1.77. The van der Waals surface area contributed by atoms with Crippen molar-refractivity contribution in [2.24, 2.45) is 0 Å². The molecule has 0 spiro atoms. The SMILES string of the molecule is Cc1cc(C(O)(CF)c2ccc3c(cnn3-c3ccc(F)cc3)c2)ccc1S. The van der Waals surface area contributed by atoms with Gasteiger partial charge in [0.2, 0.25) is 0 Å². The maximum Gasteiger partial charge on any atom is 0.143 e. The highest BCUT2D eigenvalue weighted by atomic mass is 32.1. The number of thiol groups is 1. The molecule has 0 saturated carbocycles. The Morgan fingerprint density at radius 1 is 1.04 bits per heavy atom. The van der Waals surface area contributed by atoms with E-state index in [4.69, 9.17) is 0 Å². The summed E-state index contributed by atoms with van der Waals surface area (Å²) >= 11 is 4.34. The van der Waals surface area contributed by atoms with Crippen molar-refractivity contribution < 1.29 is 13.9 Å². The van der Waals surface area contributed by atoms with Crippen molar-refractivity contribution in [3.8, 4) is 5.69 Å². The van der Waals surface area contributed by atoms with Crippen LogP contribution in [0.2, 0.25) is 0 Å². The zero-order valence-corrected chi connectivity index (χ0v) is 16.0. The van der Waals surface area contributed by atoms with Crippen molar-refractivity contribution in [1.82, 2.24) is 9.78 Å². The van der Waals surface area contributed by atoms with E-state index in [0.29, 0.717) is 16.8 Å². The Labute approximate surface area is 166 Å². The Balaban J connectivity index is 1.80. The minimum absolute atomic E-state index is 0.321. The lowest BCUT2D eigenvalue weighted by molar-refractivity contribution is 0.0518. The molecule has 142 valence electrons. The van der Waals surface area contributed by atoms with Crippen molar-refractivity contribution in [2.45, 2.75) is 17.4 Å². The van der Waals surface area contributed by atoms with E-state index in [1.807, 2.05) is 6.92 Å². The number of halogens is 2. The molecular weight excluding hydrogens is 378 g/mol. The number of alkyl halides is 1. The molecule has 0 radical (unpaired) electrons. The minimum Gasteiger partial charge on any atom is -0.378 e. The number of aliphatic hydroxyl groups is 1. The van der Waals surface area contributed by atoms with Crippen molar-refractivity contribution in [1.29, 1.82) is 0 Å². The maximum absolute atomic E-state index is 14.0. The number of fused-ring (bicyclic) bond motifs is 1. The van der Waals surface area contributed by atoms with Gasteiger partial charge in [0, 0.05) is 10.3 Å². The first-order valence-corrected chi connectivity index (χ1v) is 9.20. The van der Waals surface area contributed by atoms with Gasteiger partial charge in [0.25, 0.3) is 0 Å². The largest absolute Gasteiger partial charge is 0.378 e. The van der Waals surface area contributed by atoms with Gasteiger partial charge in [0.1, 0.15) is 18.1 Å². The van der Waals surface area contributed by atoms with Crippen LogP contribution in [0.1, 0.15) is 16.7 Å². The molecule has 28 heavy (non-hydrogen) atoms. The quantitative estimate of drug-likeness (QED) is 0.478. The van der Waals surface area contributed by atoms with E-state index in [-0.39, 0.29) is 5.82 Å². The van der Waals surface area contributed by atoms with Gasteiger partial charge in [-0.15, -0.1) is 12.6 Å². The Morgan fingerprint density at radius 3 is 2.39 bits per heavy atom. The molecule has 4 aromatic rings. The predicted molar refractivity (Wildman–Crippen MR) is 108 cm³/mol. The molecule has 1 unspecified atom stereocenters. The van der Waals surface area contributed by atoms with Gasteiger partial charge in [0.05, 0.1) is 17.4 Å². The number of rotatable bonds is 4. The van der Waals surface area contributed by atoms with Crippen LogP contribution < -0.4 is 0 Å². The molecule has 0 aliphatic carbocycles. The Kier molecular flexibility index (Phi) is 4.69. The number of hydrogen-bond acceptors (Lipinski definition) is 3. The normalized spacial score (nSPS) is 13.6. The van der Waals surface area contributed by atoms with Gasteiger partial charge in [-0.2, -0.15) is 5.10 Å². The highest BCUT2D eigenvalue weighted by Crippen LogP contribution is 2.34. The van der Waals surface area contributed by atoms with Crippen molar-refractivity contribution in [3.05, 3.63) is 89.4 Å². The van der Waals surface area contributed by atoms with Crippen molar-refractivity contribution >= 4 is 23.5 Å². The highest BCUT2D eigenvalue weighted by molar-refractivity contribution is 7.80. The fraction of sp³-hybridized carbons (Fsp3) is 0.136. The summed E-state index contributed by atoms with van der Waals surface area (Å²) in [5.41, 5.74) is 1.49. The molecular formula is C22H18F2N2OS. The lowest BCUT2D eigenvalue weighted by Gasteiger charge is -2.27. The van der Waals surface area contributed by atoms with Crippen LogP contribution in [-0.4, -0.2) is 21.6 Å². The van der Waals surface area contributed by atoms with Crippen LogP contribution in [0.3, 0.4) is 0 Å². The molecule has 1 atom stereocenters. The predicted octanol–water partition coefficient (Wildman–Crippen LogP) is 4.97. The third-order valence-electron chi connectivity index (χ3n) is 4.98. The van der Waals surface area contributed by atoms with Gasteiger partial charge in [-0.25, -0.2) is 13.5 Å². The molecule has 6 heteroatoms. The number of aryl methyl sites for hydroxylation is 1. The van der Waals surface area contributed by atoms with Gasteiger partial charge >= 0.3 is 0 Å². The summed E-state index contributed by atoms with van der Waals surface area (Å²) in [5.74, 6) is -0.321. The molecule has 0 bridgehead atoms.